The minimum absolute atomic E-state index is 0.0463. The molecule has 25 heavy (non-hydrogen) atoms. The lowest BCUT2D eigenvalue weighted by Gasteiger charge is -2.39. The number of carbonyl (C=O) groups excluding carboxylic acids is 1. The molecule has 2 aromatic carbocycles. The Bertz CT molecular complexity index is 738. The quantitative estimate of drug-likeness (QED) is 0.836. The highest BCUT2D eigenvalue weighted by Gasteiger charge is 2.30. The number of halogens is 2. The molecule has 0 spiro atoms. The molecular formula is C19H20ClFN2O2. The van der Waals surface area contributed by atoms with Crippen molar-refractivity contribution in [2.24, 2.45) is 0 Å². The molecule has 1 fully saturated rings. The van der Waals surface area contributed by atoms with Crippen molar-refractivity contribution in [3.05, 3.63) is 64.9 Å². The maximum atomic E-state index is 14.1. The first-order valence-corrected chi connectivity index (χ1v) is 8.53. The number of likely N-dealkylation sites (N-methyl/N-ethyl adjacent to an activating group) is 1. The van der Waals surface area contributed by atoms with Gasteiger partial charge in [0.05, 0.1) is 6.04 Å². The van der Waals surface area contributed by atoms with Gasteiger partial charge >= 0.3 is 0 Å². The Hall–Kier alpha value is -2.11. The Morgan fingerprint density at radius 2 is 1.92 bits per heavy atom. The lowest BCUT2D eigenvalue weighted by atomic mass is 10.0. The van der Waals surface area contributed by atoms with Crippen LogP contribution in [-0.4, -0.2) is 49.0 Å². The Labute approximate surface area is 151 Å². The van der Waals surface area contributed by atoms with E-state index >= 15 is 0 Å². The van der Waals surface area contributed by atoms with Gasteiger partial charge in [-0.2, -0.15) is 0 Å². The molecule has 0 aliphatic carbocycles. The van der Waals surface area contributed by atoms with E-state index in [0.29, 0.717) is 36.0 Å². The molecule has 2 aromatic rings. The third-order valence-corrected chi connectivity index (χ3v) is 4.69. The molecule has 1 unspecified atom stereocenters. The van der Waals surface area contributed by atoms with Crippen LogP contribution in [0.4, 0.5) is 4.39 Å². The average molecular weight is 363 g/mol. The zero-order chi connectivity index (χ0) is 17.8. The fraction of sp³-hybridized carbons (Fsp3) is 0.316. The summed E-state index contributed by atoms with van der Waals surface area (Å²) in [6.45, 7) is 1.69. The second-order valence-electron chi connectivity index (χ2n) is 6.10. The molecule has 0 saturated carbocycles. The van der Waals surface area contributed by atoms with Gasteiger partial charge in [-0.1, -0.05) is 29.8 Å². The van der Waals surface area contributed by atoms with Crippen LogP contribution in [0.1, 0.15) is 11.6 Å². The van der Waals surface area contributed by atoms with Crippen molar-refractivity contribution in [3.63, 3.8) is 0 Å². The summed E-state index contributed by atoms with van der Waals surface area (Å²) < 4.78 is 19.6. The van der Waals surface area contributed by atoms with Crippen LogP contribution in [0.15, 0.2) is 48.5 Å². The van der Waals surface area contributed by atoms with Gasteiger partial charge in [0, 0.05) is 30.2 Å². The first-order valence-electron chi connectivity index (χ1n) is 8.15. The van der Waals surface area contributed by atoms with E-state index in [4.69, 9.17) is 16.3 Å². The standard InChI is InChI=1S/C19H20ClFN2O2/c1-22-10-11-23(12-18(22)16-4-2-3-5-17(16)21)19(24)13-25-15-8-6-14(20)7-9-15/h2-9,18H,10-13H2,1H3. The highest BCUT2D eigenvalue weighted by molar-refractivity contribution is 6.30. The van der Waals surface area contributed by atoms with Gasteiger partial charge in [-0.05, 0) is 37.4 Å². The summed E-state index contributed by atoms with van der Waals surface area (Å²) in [5.41, 5.74) is 0.612. The van der Waals surface area contributed by atoms with Crippen molar-refractivity contribution in [2.75, 3.05) is 33.3 Å². The highest BCUT2D eigenvalue weighted by atomic mass is 35.5. The number of carbonyl (C=O) groups is 1. The van der Waals surface area contributed by atoms with Crippen LogP contribution in [0.5, 0.6) is 5.75 Å². The molecule has 6 heteroatoms. The van der Waals surface area contributed by atoms with Crippen LogP contribution in [0, 0.1) is 5.82 Å². The van der Waals surface area contributed by atoms with Crippen LogP contribution < -0.4 is 4.74 Å². The molecule has 1 amide bonds. The number of rotatable bonds is 4. The van der Waals surface area contributed by atoms with Gasteiger partial charge in [0.15, 0.2) is 6.61 Å². The highest BCUT2D eigenvalue weighted by Crippen LogP contribution is 2.26. The molecule has 0 bridgehead atoms. The summed E-state index contributed by atoms with van der Waals surface area (Å²) in [6, 6.07) is 13.4. The summed E-state index contributed by atoms with van der Waals surface area (Å²) in [5, 5.41) is 0.616. The zero-order valence-electron chi connectivity index (χ0n) is 14.0. The van der Waals surface area contributed by atoms with Gasteiger partial charge in [0.1, 0.15) is 11.6 Å². The van der Waals surface area contributed by atoms with E-state index in [9.17, 15) is 9.18 Å². The molecule has 1 aliphatic heterocycles. The van der Waals surface area contributed by atoms with Gasteiger partial charge in [-0.25, -0.2) is 4.39 Å². The monoisotopic (exact) mass is 362 g/mol. The van der Waals surface area contributed by atoms with Gasteiger partial charge in [0.25, 0.3) is 5.91 Å². The Morgan fingerprint density at radius 3 is 2.64 bits per heavy atom. The third-order valence-electron chi connectivity index (χ3n) is 4.44. The van der Waals surface area contributed by atoms with E-state index < -0.39 is 0 Å². The molecule has 4 nitrogen and oxygen atoms in total. The van der Waals surface area contributed by atoms with Crippen molar-refractivity contribution in [2.45, 2.75) is 6.04 Å². The van der Waals surface area contributed by atoms with Crippen LogP contribution in [0.3, 0.4) is 0 Å². The van der Waals surface area contributed by atoms with Crippen LogP contribution in [-0.2, 0) is 4.79 Å². The molecule has 1 saturated heterocycles. The van der Waals surface area contributed by atoms with Crippen LogP contribution >= 0.6 is 11.6 Å². The predicted octanol–water partition coefficient (Wildman–Crippen LogP) is 3.37. The van der Waals surface area contributed by atoms with E-state index in [1.54, 1.807) is 41.3 Å². The predicted molar refractivity (Wildman–Crippen MR) is 95.3 cm³/mol. The molecule has 132 valence electrons. The number of amides is 1. The number of ether oxygens (including phenoxy) is 1. The fourth-order valence-electron chi connectivity index (χ4n) is 2.95. The minimum atomic E-state index is -0.244. The third kappa shape index (κ3) is 4.30. The topological polar surface area (TPSA) is 32.8 Å². The number of benzene rings is 2. The number of hydrogen-bond donors (Lipinski definition) is 0. The van der Waals surface area contributed by atoms with Crippen molar-refractivity contribution >= 4 is 17.5 Å². The summed E-state index contributed by atoms with van der Waals surface area (Å²) in [6.07, 6.45) is 0. The number of nitrogens with zero attached hydrogens (tertiary/aromatic N) is 2. The van der Waals surface area contributed by atoms with E-state index in [1.807, 2.05) is 13.1 Å². The minimum Gasteiger partial charge on any atom is -0.484 e. The van der Waals surface area contributed by atoms with Crippen molar-refractivity contribution in [1.82, 2.24) is 9.80 Å². The lowest BCUT2D eigenvalue weighted by molar-refractivity contribution is -0.136. The fourth-order valence-corrected chi connectivity index (χ4v) is 3.07. The second kappa shape index (κ2) is 7.85. The molecule has 3 rings (SSSR count). The Kier molecular flexibility index (Phi) is 5.56. The van der Waals surface area contributed by atoms with Crippen molar-refractivity contribution in [3.8, 4) is 5.75 Å². The maximum Gasteiger partial charge on any atom is 0.260 e. The van der Waals surface area contributed by atoms with Crippen molar-refractivity contribution in [1.29, 1.82) is 0 Å². The number of hydrogen-bond acceptors (Lipinski definition) is 3. The first kappa shape index (κ1) is 17.7. The first-order chi connectivity index (χ1) is 12.0. The normalized spacial score (nSPS) is 18.2. The average Bonchev–Trinajstić information content (AvgIpc) is 2.62. The van der Waals surface area contributed by atoms with Crippen LogP contribution in [0.25, 0.3) is 0 Å². The lowest BCUT2D eigenvalue weighted by Crippen LogP contribution is -2.50. The molecule has 0 N–H and O–H groups in total. The molecule has 1 atom stereocenters. The molecule has 1 heterocycles. The van der Waals surface area contributed by atoms with Crippen molar-refractivity contribution < 1.29 is 13.9 Å². The summed E-state index contributed by atoms with van der Waals surface area (Å²) in [4.78, 5) is 16.3. The molecular weight excluding hydrogens is 343 g/mol. The summed E-state index contributed by atoms with van der Waals surface area (Å²) in [7, 11) is 1.95. The Morgan fingerprint density at radius 1 is 1.20 bits per heavy atom. The summed E-state index contributed by atoms with van der Waals surface area (Å²) >= 11 is 5.83. The van der Waals surface area contributed by atoms with E-state index in [0.717, 1.165) is 0 Å². The molecule has 0 aromatic heterocycles. The van der Waals surface area contributed by atoms with E-state index in [-0.39, 0.29) is 24.4 Å². The van der Waals surface area contributed by atoms with Gasteiger partial charge < -0.3 is 9.64 Å². The van der Waals surface area contributed by atoms with E-state index in [2.05, 4.69) is 4.90 Å². The largest absolute Gasteiger partial charge is 0.484 e. The van der Waals surface area contributed by atoms with E-state index in [1.165, 1.54) is 6.07 Å². The second-order valence-corrected chi connectivity index (χ2v) is 6.54. The van der Waals surface area contributed by atoms with Crippen LogP contribution in [0.2, 0.25) is 5.02 Å². The molecule has 0 radical (unpaired) electrons. The smallest absolute Gasteiger partial charge is 0.260 e. The Balaban J connectivity index is 1.63. The van der Waals surface area contributed by atoms with Gasteiger partial charge in [-0.3, -0.25) is 9.69 Å². The van der Waals surface area contributed by atoms with Gasteiger partial charge in [0.2, 0.25) is 0 Å². The summed E-state index contributed by atoms with van der Waals surface area (Å²) in [5.74, 6) is 0.244. The van der Waals surface area contributed by atoms with Gasteiger partial charge in [-0.15, -0.1) is 0 Å². The maximum absolute atomic E-state index is 14.1. The zero-order valence-corrected chi connectivity index (χ0v) is 14.7. The molecule has 1 aliphatic rings. The SMILES string of the molecule is CN1CCN(C(=O)COc2ccc(Cl)cc2)CC1c1ccccc1F. The number of piperazine rings is 1.